The molecule has 0 saturated carbocycles. The van der Waals surface area contributed by atoms with Crippen LogP contribution in [0.4, 0.5) is 5.82 Å². The minimum Gasteiger partial charge on any atom is -0.460 e. The second-order valence-electron chi connectivity index (χ2n) is 4.88. The minimum atomic E-state index is 0.807. The average molecular weight is 271 g/mol. The van der Waals surface area contributed by atoms with E-state index in [1.807, 2.05) is 31.3 Å². The lowest BCUT2D eigenvalue weighted by atomic mass is 10.3. The Hall–Kier alpha value is -2.30. The Morgan fingerprint density at radius 3 is 2.65 bits per heavy atom. The van der Waals surface area contributed by atoms with Crippen LogP contribution in [0.3, 0.4) is 0 Å². The van der Waals surface area contributed by atoms with Gasteiger partial charge in [0.1, 0.15) is 24.6 Å². The zero-order valence-corrected chi connectivity index (χ0v) is 11.6. The molecule has 0 radical (unpaired) electrons. The van der Waals surface area contributed by atoms with Gasteiger partial charge in [-0.15, -0.1) is 0 Å². The number of hydrazone groups is 1. The van der Waals surface area contributed by atoms with E-state index >= 15 is 0 Å². The fraction of sp³-hybridized carbons (Fsp3) is 0.333. The van der Waals surface area contributed by atoms with Gasteiger partial charge in [-0.3, -0.25) is 9.91 Å². The summed E-state index contributed by atoms with van der Waals surface area (Å²) in [6.45, 7) is 5.70. The van der Waals surface area contributed by atoms with Crippen LogP contribution in [0.15, 0.2) is 46.0 Å². The van der Waals surface area contributed by atoms with Crippen molar-refractivity contribution < 1.29 is 9.40 Å². The molecule has 1 saturated heterocycles. The van der Waals surface area contributed by atoms with Crippen molar-refractivity contribution in [2.24, 2.45) is 5.10 Å². The van der Waals surface area contributed by atoms with E-state index in [9.17, 15) is 0 Å². The molecule has 20 heavy (non-hydrogen) atoms. The summed E-state index contributed by atoms with van der Waals surface area (Å²) in [7, 11) is 0. The molecule has 0 aromatic carbocycles. The summed E-state index contributed by atoms with van der Waals surface area (Å²) in [5.41, 5.74) is 0. The van der Waals surface area contributed by atoms with Crippen molar-refractivity contribution in [3.63, 3.8) is 0 Å². The fourth-order valence-corrected chi connectivity index (χ4v) is 2.29. The van der Waals surface area contributed by atoms with Gasteiger partial charge in [-0.2, -0.15) is 5.10 Å². The molecule has 5 nitrogen and oxygen atoms in total. The summed E-state index contributed by atoms with van der Waals surface area (Å²) in [4.78, 5) is 5.60. The van der Waals surface area contributed by atoms with Crippen LogP contribution >= 0.6 is 0 Å². The second kappa shape index (κ2) is 5.77. The normalized spacial score (nSPS) is 16.1. The molecule has 2 aromatic rings. The van der Waals surface area contributed by atoms with Gasteiger partial charge in [0.25, 0.3) is 5.82 Å². The minimum absolute atomic E-state index is 0.807. The van der Waals surface area contributed by atoms with Gasteiger partial charge >= 0.3 is 0 Å². The molecule has 0 unspecified atom stereocenters. The first kappa shape index (κ1) is 12.7. The number of aryl methyl sites for hydroxylation is 1. The largest absolute Gasteiger partial charge is 0.460 e. The van der Waals surface area contributed by atoms with Gasteiger partial charge in [0, 0.05) is 6.07 Å². The van der Waals surface area contributed by atoms with E-state index in [1.165, 1.54) is 0 Å². The second-order valence-corrected chi connectivity index (χ2v) is 4.88. The Morgan fingerprint density at radius 2 is 2.00 bits per heavy atom. The van der Waals surface area contributed by atoms with E-state index in [-0.39, 0.29) is 0 Å². The maximum Gasteiger partial charge on any atom is 0.274 e. The third-order valence-corrected chi connectivity index (χ3v) is 3.40. The van der Waals surface area contributed by atoms with Gasteiger partial charge in [-0.1, -0.05) is 6.07 Å². The highest BCUT2D eigenvalue weighted by Crippen LogP contribution is 2.10. The predicted octanol–water partition coefficient (Wildman–Crippen LogP) is 1.56. The van der Waals surface area contributed by atoms with Crippen LogP contribution < -0.4 is 9.88 Å². The quantitative estimate of drug-likeness (QED) is 0.796. The van der Waals surface area contributed by atoms with E-state index in [0.717, 1.165) is 43.5 Å². The van der Waals surface area contributed by atoms with Crippen molar-refractivity contribution in [3.05, 3.63) is 48.0 Å². The molecule has 3 rings (SSSR count). The first-order valence-electron chi connectivity index (χ1n) is 6.88. The van der Waals surface area contributed by atoms with Crippen LogP contribution in [0.2, 0.25) is 0 Å². The predicted molar refractivity (Wildman–Crippen MR) is 77.8 cm³/mol. The Morgan fingerprint density at radius 1 is 1.15 bits per heavy atom. The first-order valence-corrected chi connectivity index (χ1v) is 6.88. The van der Waals surface area contributed by atoms with Crippen molar-refractivity contribution in [1.29, 1.82) is 0 Å². The van der Waals surface area contributed by atoms with Gasteiger partial charge < -0.3 is 4.42 Å². The van der Waals surface area contributed by atoms with Gasteiger partial charge in [0.2, 0.25) is 0 Å². The monoisotopic (exact) mass is 271 g/mol. The number of H-pyrrole nitrogens is 1. The summed E-state index contributed by atoms with van der Waals surface area (Å²) >= 11 is 0. The zero-order chi connectivity index (χ0) is 13.8. The summed E-state index contributed by atoms with van der Waals surface area (Å²) in [6, 6.07) is 10.0. The van der Waals surface area contributed by atoms with Crippen molar-refractivity contribution in [3.8, 4) is 0 Å². The molecule has 1 aliphatic heterocycles. The van der Waals surface area contributed by atoms with E-state index in [1.54, 1.807) is 6.21 Å². The maximum absolute atomic E-state index is 5.47. The number of hydrogen-bond donors (Lipinski definition) is 0. The average Bonchev–Trinajstić information content (AvgIpc) is 2.92. The van der Waals surface area contributed by atoms with E-state index in [2.05, 4.69) is 32.1 Å². The van der Waals surface area contributed by atoms with Crippen molar-refractivity contribution in [2.45, 2.75) is 6.92 Å². The highest BCUT2D eigenvalue weighted by Gasteiger charge is 2.21. The van der Waals surface area contributed by atoms with Gasteiger partial charge in [-0.05, 0) is 25.1 Å². The van der Waals surface area contributed by atoms with Crippen molar-refractivity contribution in [2.75, 3.05) is 31.1 Å². The number of hydrogen-bond acceptors (Lipinski definition) is 4. The molecule has 104 valence electrons. The third kappa shape index (κ3) is 2.99. The molecule has 0 spiro atoms. The molecule has 5 heteroatoms. The van der Waals surface area contributed by atoms with Crippen LogP contribution in [-0.4, -0.2) is 37.4 Å². The number of aromatic amines is 1. The number of aromatic nitrogens is 1. The van der Waals surface area contributed by atoms with E-state index in [0.29, 0.717) is 0 Å². The summed E-state index contributed by atoms with van der Waals surface area (Å²) in [5.74, 6) is 2.88. The first-order chi connectivity index (χ1) is 9.81. The number of rotatable bonds is 3. The molecule has 0 aliphatic carbocycles. The molecule has 3 heterocycles. The number of piperazine rings is 1. The SMILES string of the molecule is Cc1ccc(/C=N/N2CCN(c3cccc[nH+]3)CC2)o1. The summed E-state index contributed by atoms with van der Waals surface area (Å²) in [6.07, 6.45) is 3.75. The van der Waals surface area contributed by atoms with Crippen LogP contribution in [0.25, 0.3) is 0 Å². The molecule has 2 aromatic heterocycles. The summed E-state index contributed by atoms with van der Waals surface area (Å²) in [5, 5.41) is 6.55. The molecule has 1 fully saturated rings. The molecular weight excluding hydrogens is 252 g/mol. The molecular formula is C15H19N4O+. The van der Waals surface area contributed by atoms with Crippen LogP contribution in [0.1, 0.15) is 11.5 Å². The standard InChI is InChI=1S/C15H18N4O/c1-13-5-6-14(20-13)12-17-19-10-8-18(9-11-19)15-4-2-3-7-16-15/h2-7,12H,8-11H2,1H3/p+1/b17-12+. The van der Waals surface area contributed by atoms with Crippen LogP contribution in [0, 0.1) is 6.92 Å². The number of pyridine rings is 1. The number of anilines is 1. The van der Waals surface area contributed by atoms with E-state index in [4.69, 9.17) is 4.42 Å². The van der Waals surface area contributed by atoms with Gasteiger partial charge in [0.15, 0.2) is 0 Å². The van der Waals surface area contributed by atoms with Gasteiger partial charge in [0.05, 0.1) is 25.5 Å². The smallest absolute Gasteiger partial charge is 0.274 e. The third-order valence-electron chi connectivity index (χ3n) is 3.40. The topological polar surface area (TPSA) is 46.1 Å². The molecule has 1 aliphatic rings. The van der Waals surface area contributed by atoms with Crippen LogP contribution in [0.5, 0.6) is 0 Å². The molecule has 0 atom stereocenters. The lowest BCUT2D eigenvalue weighted by Gasteiger charge is -2.28. The lowest BCUT2D eigenvalue weighted by Crippen LogP contribution is -2.45. The Labute approximate surface area is 118 Å². The fourth-order valence-electron chi connectivity index (χ4n) is 2.29. The maximum atomic E-state index is 5.47. The highest BCUT2D eigenvalue weighted by molar-refractivity contribution is 5.75. The number of nitrogens with zero attached hydrogens (tertiary/aromatic N) is 3. The lowest BCUT2D eigenvalue weighted by molar-refractivity contribution is -0.364. The molecule has 1 N–H and O–H groups in total. The van der Waals surface area contributed by atoms with Crippen LogP contribution in [-0.2, 0) is 0 Å². The highest BCUT2D eigenvalue weighted by atomic mass is 16.3. The Bertz CT molecular complexity index is 571. The molecule has 0 amide bonds. The zero-order valence-electron chi connectivity index (χ0n) is 11.6. The number of furan rings is 1. The summed E-state index contributed by atoms with van der Waals surface area (Å²) < 4.78 is 5.47. The number of nitrogens with one attached hydrogen (secondary N) is 1. The van der Waals surface area contributed by atoms with E-state index < -0.39 is 0 Å². The van der Waals surface area contributed by atoms with Gasteiger partial charge in [-0.25, -0.2) is 4.98 Å². The van der Waals surface area contributed by atoms with Crippen molar-refractivity contribution in [1.82, 2.24) is 5.01 Å². The Kier molecular flexibility index (Phi) is 3.67. The van der Waals surface area contributed by atoms with Crippen molar-refractivity contribution >= 4 is 12.0 Å². The Balaban J connectivity index is 1.55. The molecule has 0 bridgehead atoms.